The van der Waals surface area contributed by atoms with E-state index in [9.17, 15) is 4.79 Å². The fraction of sp³-hybridized carbons (Fsp3) is 0.286. The highest BCUT2D eigenvalue weighted by atomic mass is 16.5. The van der Waals surface area contributed by atoms with Crippen LogP contribution >= 0.6 is 0 Å². The number of nitrogens with zero attached hydrogens (tertiary/aromatic N) is 1. The molecular weight excluding hydrogens is 244 g/mol. The summed E-state index contributed by atoms with van der Waals surface area (Å²) in [4.78, 5) is 18.2. The highest BCUT2D eigenvalue weighted by molar-refractivity contribution is 5.69. The molecule has 0 saturated heterocycles. The van der Waals surface area contributed by atoms with Crippen molar-refractivity contribution in [3.63, 3.8) is 0 Å². The SMILES string of the molecule is COc1cccc(-c2nc(C)[nH]c2CCC(=O)O)c1. The average Bonchev–Trinajstić information content (AvgIpc) is 2.77. The van der Waals surface area contributed by atoms with E-state index >= 15 is 0 Å². The fourth-order valence-corrected chi connectivity index (χ4v) is 1.96. The molecule has 0 unspecified atom stereocenters. The summed E-state index contributed by atoms with van der Waals surface area (Å²) in [5, 5.41) is 8.77. The van der Waals surface area contributed by atoms with E-state index in [1.807, 2.05) is 31.2 Å². The van der Waals surface area contributed by atoms with Crippen LogP contribution in [-0.2, 0) is 11.2 Å². The van der Waals surface area contributed by atoms with Crippen molar-refractivity contribution in [2.75, 3.05) is 7.11 Å². The van der Waals surface area contributed by atoms with Crippen molar-refractivity contribution >= 4 is 5.97 Å². The minimum Gasteiger partial charge on any atom is -0.497 e. The van der Waals surface area contributed by atoms with Gasteiger partial charge in [-0.05, 0) is 19.1 Å². The zero-order chi connectivity index (χ0) is 13.8. The topological polar surface area (TPSA) is 75.2 Å². The molecule has 5 heteroatoms. The molecule has 0 bridgehead atoms. The highest BCUT2D eigenvalue weighted by Gasteiger charge is 2.12. The number of methoxy groups -OCH3 is 1. The second kappa shape index (κ2) is 5.56. The monoisotopic (exact) mass is 260 g/mol. The summed E-state index contributed by atoms with van der Waals surface area (Å²) >= 11 is 0. The van der Waals surface area contributed by atoms with Gasteiger partial charge >= 0.3 is 5.97 Å². The molecule has 5 nitrogen and oxygen atoms in total. The summed E-state index contributed by atoms with van der Waals surface area (Å²) in [6.07, 6.45) is 0.515. The van der Waals surface area contributed by atoms with Crippen LogP contribution in [0.25, 0.3) is 11.3 Å². The van der Waals surface area contributed by atoms with Gasteiger partial charge in [-0.1, -0.05) is 12.1 Å². The second-order valence-corrected chi connectivity index (χ2v) is 4.28. The molecule has 1 aromatic carbocycles. The third kappa shape index (κ3) is 3.13. The number of imidazole rings is 1. The van der Waals surface area contributed by atoms with Crippen LogP contribution in [-0.4, -0.2) is 28.2 Å². The van der Waals surface area contributed by atoms with Gasteiger partial charge in [0.25, 0.3) is 0 Å². The van der Waals surface area contributed by atoms with E-state index in [1.165, 1.54) is 0 Å². The maximum Gasteiger partial charge on any atom is 0.303 e. The van der Waals surface area contributed by atoms with Crippen LogP contribution in [0.5, 0.6) is 5.75 Å². The number of aryl methyl sites for hydroxylation is 2. The van der Waals surface area contributed by atoms with Gasteiger partial charge in [-0.25, -0.2) is 4.98 Å². The molecule has 0 aliphatic carbocycles. The zero-order valence-electron chi connectivity index (χ0n) is 10.9. The third-order valence-corrected chi connectivity index (χ3v) is 2.83. The number of benzene rings is 1. The fourth-order valence-electron chi connectivity index (χ4n) is 1.96. The Morgan fingerprint density at radius 2 is 2.26 bits per heavy atom. The van der Waals surface area contributed by atoms with E-state index in [2.05, 4.69) is 9.97 Å². The number of ether oxygens (including phenoxy) is 1. The molecule has 0 spiro atoms. The second-order valence-electron chi connectivity index (χ2n) is 4.28. The van der Waals surface area contributed by atoms with Crippen molar-refractivity contribution in [1.29, 1.82) is 0 Å². The number of carboxylic acid groups (broad SMARTS) is 1. The van der Waals surface area contributed by atoms with E-state index in [0.29, 0.717) is 6.42 Å². The summed E-state index contributed by atoms with van der Waals surface area (Å²) in [5.41, 5.74) is 2.55. The Morgan fingerprint density at radius 1 is 1.47 bits per heavy atom. The Morgan fingerprint density at radius 3 is 2.95 bits per heavy atom. The minimum absolute atomic E-state index is 0.0819. The smallest absolute Gasteiger partial charge is 0.303 e. The van der Waals surface area contributed by atoms with Gasteiger partial charge in [0.1, 0.15) is 11.6 Å². The maximum absolute atomic E-state index is 10.7. The number of hydrogen-bond donors (Lipinski definition) is 2. The molecule has 0 fully saturated rings. The lowest BCUT2D eigenvalue weighted by atomic mass is 10.1. The lowest BCUT2D eigenvalue weighted by molar-refractivity contribution is -0.136. The Labute approximate surface area is 111 Å². The Balaban J connectivity index is 2.34. The first-order valence-electron chi connectivity index (χ1n) is 6.02. The number of aromatic amines is 1. The van der Waals surface area contributed by atoms with Gasteiger partial charge in [0, 0.05) is 17.7 Å². The largest absolute Gasteiger partial charge is 0.497 e. The lowest BCUT2D eigenvalue weighted by Gasteiger charge is -2.04. The number of H-pyrrole nitrogens is 1. The van der Waals surface area contributed by atoms with Crippen LogP contribution in [0.15, 0.2) is 24.3 Å². The number of carbonyl (C=O) groups is 1. The lowest BCUT2D eigenvalue weighted by Crippen LogP contribution is -1.99. The Kier molecular flexibility index (Phi) is 3.85. The summed E-state index contributed by atoms with van der Waals surface area (Å²) in [7, 11) is 1.61. The summed E-state index contributed by atoms with van der Waals surface area (Å²) in [6.45, 7) is 1.86. The number of aromatic nitrogens is 2. The molecule has 0 aliphatic rings. The van der Waals surface area contributed by atoms with E-state index in [4.69, 9.17) is 9.84 Å². The molecule has 1 heterocycles. The minimum atomic E-state index is -0.816. The van der Waals surface area contributed by atoms with E-state index in [1.54, 1.807) is 7.11 Å². The number of carboxylic acids is 1. The van der Waals surface area contributed by atoms with E-state index in [-0.39, 0.29) is 6.42 Å². The standard InChI is InChI=1S/C14H16N2O3/c1-9-15-12(6-7-13(17)18)14(16-9)10-4-3-5-11(8-10)19-2/h3-5,8H,6-7H2,1-2H3,(H,15,16)(H,17,18). The predicted octanol–water partition coefficient (Wildman–Crippen LogP) is 2.41. The van der Waals surface area contributed by atoms with E-state index in [0.717, 1.165) is 28.5 Å². The first-order chi connectivity index (χ1) is 9.10. The van der Waals surface area contributed by atoms with Gasteiger partial charge in [-0.3, -0.25) is 4.79 Å². The van der Waals surface area contributed by atoms with Gasteiger partial charge in [0.05, 0.1) is 19.2 Å². The van der Waals surface area contributed by atoms with Gasteiger partial charge in [-0.2, -0.15) is 0 Å². The summed E-state index contributed by atoms with van der Waals surface area (Å²) in [6, 6.07) is 7.57. The molecule has 0 amide bonds. The van der Waals surface area contributed by atoms with Crippen LogP contribution in [0.4, 0.5) is 0 Å². The highest BCUT2D eigenvalue weighted by Crippen LogP contribution is 2.26. The maximum atomic E-state index is 10.7. The molecule has 0 radical (unpaired) electrons. The van der Waals surface area contributed by atoms with Crippen LogP contribution in [0, 0.1) is 6.92 Å². The van der Waals surface area contributed by atoms with Crippen LogP contribution in [0.3, 0.4) is 0 Å². The predicted molar refractivity (Wildman–Crippen MR) is 71.3 cm³/mol. The first-order valence-corrected chi connectivity index (χ1v) is 6.02. The van der Waals surface area contributed by atoms with Crippen LogP contribution in [0.1, 0.15) is 17.9 Å². The molecule has 1 aromatic heterocycles. The molecule has 0 atom stereocenters. The van der Waals surface area contributed by atoms with Crippen LogP contribution in [0.2, 0.25) is 0 Å². The number of aliphatic carboxylic acids is 1. The number of rotatable bonds is 5. The van der Waals surface area contributed by atoms with Crippen molar-refractivity contribution in [3.8, 4) is 17.0 Å². The molecular formula is C14H16N2O3. The molecule has 0 saturated carbocycles. The van der Waals surface area contributed by atoms with Crippen molar-refractivity contribution in [2.45, 2.75) is 19.8 Å². The Hall–Kier alpha value is -2.30. The average molecular weight is 260 g/mol. The van der Waals surface area contributed by atoms with Crippen molar-refractivity contribution in [3.05, 3.63) is 35.8 Å². The molecule has 19 heavy (non-hydrogen) atoms. The van der Waals surface area contributed by atoms with Crippen molar-refractivity contribution < 1.29 is 14.6 Å². The molecule has 2 aromatic rings. The molecule has 2 N–H and O–H groups in total. The molecule has 0 aliphatic heterocycles. The Bertz CT molecular complexity index is 590. The van der Waals surface area contributed by atoms with Crippen LogP contribution < -0.4 is 4.74 Å². The van der Waals surface area contributed by atoms with E-state index < -0.39 is 5.97 Å². The zero-order valence-corrected chi connectivity index (χ0v) is 10.9. The first kappa shape index (κ1) is 13.1. The van der Waals surface area contributed by atoms with Crippen molar-refractivity contribution in [1.82, 2.24) is 9.97 Å². The summed E-state index contributed by atoms with van der Waals surface area (Å²) in [5.74, 6) is 0.712. The van der Waals surface area contributed by atoms with Gasteiger partial charge in [0.15, 0.2) is 0 Å². The van der Waals surface area contributed by atoms with Gasteiger partial charge in [-0.15, -0.1) is 0 Å². The quantitative estimate of drug-likeness (QED) is 0.865. The van der Waals surface area contributed by atoms with Gasteiger partial charge < -0.3 is 14.8 Å². The molecule has 2 rings (SSSR count). The van der Waals surface area contributed by atoms with Gasteiger partial charge in [0.2, 0.25) is 0 Å². The van der Waals surface area contributed by atoms with Crippen molar-refractivity contribution in [2.24, 2.45) is 0 Å². The number of hydrogen-bond acceptors (Lipinski definition) is 3. The molecule has 100 valence electrons. The third-order valence-electron chi connectivity index (χ3n) is 2.83. The summed E-state index contributed by atoms with van der Waals surface area (Å²) < 4.78 is 5.19. The number of nitrogens with one attached hydrogen (secondary N) is 1. The normalized spacial score (nSPS) is 10.4.